The molecule has 0 aromatic heterocycles. The Bertz CT molecular complexity index is 177. The summed E-state index contributed by atoms with van der Waals surface area (Å²) >= 11 is 0. The van der Waals surface area contributed by atoms with E-state index in [1.807, 2.05) is 0 Å². The molecular weight excluding hydrogens is 172 g/mol. The fourth-order valence-corrected chi connectivity index (χ4v) is 2.04. The Balaban J connectivity index is 1.43. The molecule has 0 aromatic rings. The predicted octanol–water partition coefficient (Wildman–Crippen LogP) is 1.57. The van der Waals surface area contributed by atoms with Crippen LogP contribution in [-0.4, -0.2) is 38.1 Å². The van der Waals surface area contributed by atoms with Crippen LogP contribution in [0.3, 0.4) is 0 Å². The molecule has 82 valence electrons. The molecule has 2 saturated carbocycles. The predicted molar refractivity (Wildman–Crippen MR) is 60.4 cm³/mol. The van der Waals surface area contributed by atoms with E-state index in [0.29, 0.717) is 0 Å². The van der Waals surface area contributed by atoms with Crippen LogP contribution in [0, 0.1) is 17.8 Å². The SMILES string of the molecule is CC1CC1CN(C)CCNCC1CC1. The van der Waals surface area contributed by atoms with Crippen LogP contribution in [0.2, 0.25) is 0 Å². The molecule has 0 heterocycles. The first-order valence-electron chi connectivity index (χ1n) is 6.15. The largest absolute Gasteiger partial charge is 0.315 e. The second kappa shape index (κ2) is 4.63. The van der Waals surface area contributed by atoms with E-state index in [9.17, 15) is 0 Å². The molecule has 2 fully saturated rings. The lowest BCUT2D eigenvalue weighted by atomic mass is 10.3. The number of hydrogen-bond donors (Lipinski definition) is 1. The van der Waals surface area contributed by atoms with Crippen molar-refractivity contribution in [3.05, 3.63) is 0 Å². The molecule has 2 rings (SSSR count). The molecule has 0 spiro atoms. The van der Waals surface area contributed by atoms with Crippen LogP contribution < -0.4 is 5.32 Å². The number of likely N-dealkylation sites (N-methyl/N-ethyl adjacent to an activating group) is 1. The van der Waals surface area contributed by atoms with Crippen molar-refractivity contribution in [3.8, 4) is 0 Å². The highest BCUT2D eigenvalue weighted by atomic mass is 15.1. The van der Waals surface area contributed by atoms with Gasteiger partial charge < -0.3 is 10.2 Å². The average molecular weight is 196 g/mol. The van der Waals surface area contributed by atoms with Crippen LogP contribution in [0.5, 0.6) is 0 Å². The van der Waals surface area contributed by atoms with Gasteiger partial charge in [0.05, 0.1) is 0 Å². The highest BCUT2D eigenvalue weighted by molar-refractivity contribution is 4.84. The molecule has 0 aromatic carbocycles. The van der Waals surface area contributed by atoms with Crippen LogP contribution >= 0.6 is 0 Å². The monoisotopic (exact) mass is 196 g/mol. The van der Waals surface area contributed by atoms with Crippen molar-refractivity contribution >= 4 is 0 Å². The summed E-state index contributed by atoms with van der Waals surface area (Å²) in [5, 5.41) is 3.54. The normalized spacial score (nSPS) is 31.1. The second-order valence-electron chi connectivity index (χ2n) is 5.38. The summed E-state index contributed by atoms with van der Waals surface area (Å²) in [7, 11) is 2.25. The Hall–Kier alpha value is -0.0800. The summed E-state index contributed by atoms with van der Waals surface area (Å²) in [5.41, 5.74) is 0. The second-order valence-corrected chi connectivity index (χ2v) is 5.38. The highest BCUT2D eigenvalue weighted by Crippen LogP contribution is 2.37. The molecule has 2 unspecified atom stereocenters. The summed E-state index contributed by atoms with van der Waals surface area (Å²) in [5.74, 6) is 3.02. The zero-order valence-corrected chi connectivity index (χ0v) is 9.63. The fourth-order valence-electron chi connectivity index (χ4n) is 2.04. The fraction of sp³-hybridized carbons (Fsp3) is 1.00. The van der Waals surface area contributed by atoms with Crippen molar-refractivity contribution in [3.63, 3.8) is 0 Å². The molecule has 0 radical (unpaired) electrons. The van der Waals surface area contributed by atoms with Gasteiger partial charge >= 0.3 is 0 Å². The van der Waals surface area contributed by atoms with Gasteiger partial charge in [0.1, 0.15) is 0 Å². The Morgan fingerprint density at radius 3 is 2.64 bits per heavy atom. The molecule has 2 aliphatic carbocycles. The van der Waals surface area contributed by atoms with Gasteiger partial charge in [-0.05, 0) is 50.6 Å². The minimum absolute atomic E-state index is 0.997. The van der Waals surface area contributed by atoms with Crippen LogP contribution in [-0.2, 0) is 0 Å². The van der Waals surface area contributed by atoms with Crippen molar-refractivity contribution in [1.29, 1.82) is 0 Å². The van der Waals surface area contributed by atoms with E-state index in [4.69, 9.17) is 0 Å². The lowest BCUT2D eigenvalue weighted by Gasteiger charge is -2.16. The summed E-state index contributed by atoms with van der Waals surface area (Å²) in [6.45, 7) is 7.33. The van der Waals surface area contributed by atoms with Gasteiger partial charge in [-0.3, -0.25) is 0 Å². The molecule has 14 heavy (non-hydrogen) atoms. The number of nitrogens with zero attached hydrogens (tertiary/aromatic N) is 1. The first-order chi connectivity index (χ1) is 6.75. The van der Waals surface area contributed by atoms with E-state index in [2.05, 4.69) is 24.2 Å². The van der Waals surface area contributed by atoms with Crippen molar-refractivity contribution < 1.29 is 0 Å². The molecule has 2 nitrogen and oxygen atoms in total. The molecule has 0 aliphatic heterocycles. The van der Waals surface area contributed by atoms with Gasteiger partial charge in [-0.2, -0.15) is 0 Å². The van der Waals surface area contributed by atoms with E-state index in [1.54, 1.807) is 0 Å². The topological polar surface area (TPSA) is 15.3 Å². The minimum atomic E-state index is 0.997. The van der Waals surface area contributed by atoms with Gasteiger partial charge in [-0.1, -0.05) is 6.92 Å². The average Bonchev–Trinajstić information content (AvgIpc) is 3.01. The van der Waals surface area contributed by atoms with Gasteiger partial charge in [0.25, 0.3) is 0 Å². The third-order valence-electron chi connectivity index (χ3n) is 3.62. The van der Waals surface area contributed by atoms with Crippen molar-refractivity contribution in [2.24, 2.45) is 17.8 Å². The first kappa shape index (κ1) is 10.4. The van der Waals surface area contributed by atoms with Gasteiger partial charge in [-0.25, -0.2) is 0 Å². The lowest BCUT2D eigenvalue weighted by Crippen LogP contribution is -2.31. The zero-order valence-electron chi connectivity index (χ0n) is 9.63. The third kappa shape index (κ3) is 3.58. The molecule has 1 N–H and O–H groups in total. The van der Waals surface area contributed by atoms with Crippen molar-refractivity contribution in [2.45, 2.75) is 26.2 Å². The van der Waals surface area contributed by atoms with E-state index in [-0.39, 0.29) is 0 Å². The summed E-state index contributed by atoms with van der Waals surface area (Å²) < 4.78 is 0. The van der Waals surface area contributed by atoms with Crippen LogP contribution in [0.1, 0.15) is 26.2 Å². The summed E-state index contributed by atoms with van der Waals surface area (Å²) in [4.78, 5) is 2.48. The maximum atomic E-state index is 3.54. The van der Waals surface area contributed by atoms with E-state index < -0.39 is 0 Å². The van der Waals surface area contributed by atoms with Gasteiger partial charge in [-0.15, -0.1) is 0 Å². The Morgan fingerprint density at radius 1 is 1.36 bits per heavy atom. The lowest BCUT2D eigenvalue weighted by molar-refractivity contribution is 0.312. The van der Waals surface area contributed by atoms with Gasteiger partial charge in [0, 0.05) is 19.6 Å². The first-order valence-corrected chi connectivity index (χ1v) is 6.15. The minimum Gasteiger partial charge on any atom is -0.315 e. The maximum absolute atomic E-state index is 3.54. The Kier molecular flexibility index (Phi) is 3.45. The molecule has 0 bridgehead atoms. The van der Waals surface area contributed by atoms with Crippen molar-refractivity contribution in [2.75, 3.05) is 33.2 Å². The molecule has 0 amide bonds. The van der Waals surface area contributed by atoms with Gasteiger partial charge in [0.15, 0.2) is 0 Å². The molecule has 0 saturated heterocycles. The number of nitrogens with one attached hydrogen (secondary N) is 1. The molecular formula is C12H24N2. The summed E-state index contributed by atoms with van der Waals surface area (Å²) in [6.07, 6.45) is 4.38. The highest BCUT2D eigenvalue weighted by Gasteiger charge is 2.32. The van der Waals surface area contributed by atoms with Crippen LogP contribution in [0.15, 0.2) is 0 Å². The molecule has 2 aliphatic rings. The smallest absolute Gasteiger partial charge is 0.0104 e. The summed E-state index contributed by atoms with van der Waals surface area (Å²) in [6, 6.07) is 0. The third-order valence-corrected chi connectivity index (χ3v) is 3.62. The standard InChI is InChI=1S/C12H24N2/c1-10-7-12(10)9-14(2)6-5-13-8-11-3-4-11/h10-13H,3-9H2,1-2H3. The van der Waals surface area contributed by atoms with E-state index in [0.717, 1.165) is 17.8 Å². The zero-order chi connectivity index (χ0) is 9.97. The maximum Gasteiger partial charge on any atom is 0.0104 e. The van der Waals surface area contributed by atoms with E-state index in [1.165, 1.54) is 45.4 Å². The quantitative estimate of drug-likeness (QED) is 0.622. The molecule has 2 heteroatoms. The van der Waals surface area contributed by atoms with Crippen molar-refractivity contribution in [1.82, 2.24) is 10.2 Å². The Labute approximate surface area is 88.1 Å². The van der Waals surface area contributed by atoms with E-state index >= 15 is 0 Å². The number of rotatable bonds is 7. The number of hydrogen-bond acceptors (Lipinski definition) is 2. The van der Waals surface area contributed by atoms with Gasteiger partial charge in [0.2, 0.25) is 0 Å². The Morgan fingerprint density at radius 2 is 2.07 bits per heavy atom. The van der Waals surface area contributed by atoms with Crippen LogP contribution in [0.25, 0.3) is 0 Å². The molecule has 2 atom stereocenters. The van der Waals surface area contributed by atoms with Crippen LogP contribution in [0.4, 0.5) is 0 Å².